The monoisotopic (exact) mass is 803 g/mol. The zero-order valence-corrected chi connectivity index (χ0v) is 34.6. The molecule has 9 aromatic carbocycles. The standard InChI is InChI=1S/C60H41N3/c1-7-19-55-49(13-1)50-14-2-8-20-56(50)61(55)46-31-25-40(26-32-46)43-37-44(41-27-33-47(34-28-41)62-57-21-9-3-15-51(57)52-16-4-10-22-58(52)62)39-45(38-43)42-29-35-48(36-30-42)63-59-23-11-5-17-53(59)54-18-6-12-24-60(54)63/h1-29,31-39,42H,30H2. The van der Waals surface area contributed by atoms with Crippen LogP contribution < -0.4 is 0 Å². The van der Waals surface area contributed by atoms with E-state index in [2.05, 4.69) is 244 Å². The van der Waals surface area contributed by atoms with Gasteiger partial charge in [-0.05, 0) is 107 Å². The van der Waals surface area contributed by atoms with Gasteiger partial charge < -0.3 is 13.7 Å². The Kier molecular flexibility index (Phi) is 8.04. The zero-order valence-electron chi connectivity index (χ0n) is 34.6. The molecule has 12 aromatic rings. The summed E-state index contributed by atoms with van der Waals surface area (Å²) in [6, 6.07) is 77.9. The van der Waals surface area contributed by atoms with Gasteiger partial charge in [0.1, 0.15) is 0 Å². The summed E-state index contributed by atoms with van der Waals surface area (Å²) in [4.78, 5) is 0. The van der Waals surface area contributed by atoms with Crippen molar-refractivity contribution in [3.05, 3.63) is 236 Å². The SMILES string of the molecule is C1=CC(c2cc(-c3ccc(-n4c5ccccc5c5ccccc54)cc3)cc(-c3ccc(-n4c5ccccc5c5ccccc54)cc3)c2)CC=C1n1c2ccccc2c2ccccc21. The normalized spacial score (nSPS) is 14.2. The summed E-state index contributed by atoms with van der Waals surface area (Å²) in [5, 5.41) is 7.67. The molecule has 296 valence electrons. The lowest BCUT2D eigenvalue weighted by Crippen LogP contribution is -2.03. The molecule has 1 aliphatic rings. The highest BCUT2D eigenvalue weighted by Gasteiger charge is 2.19. The van der Waals surface area contributed by atoms with Gasteiger partial charge in [-0.2, -0.15) is 0 Å². The summed E-state index contributed by atoms with van der Waals surface area (Å²) >= 11 is 0. The predicted molar refractivity (Wildman–Crippen MR) is 266 cm³/mol. The second kappa shape index (κ2) is 14.2. The fourth-order valence-corrected chi connectivity index (χ4v) is 10.4. The van der Waals surface area contributed by atoms with E-state index in [0.717, 1.165) is 17.8 Å². The molecule has 0 radical (unpaired) electrons. The van der Waals surface area contributed by atoms with Crippen molar-refractivity contribution in [1.82, 2.24) is 13.7 Å². The van der Waals surface area contributed by atoms with Crippen LogP contribution in [0.4, 0.5) is 0 Å². The maximum atomic E-state index is 2.43. The number of allylic oxidation sites excluding steroid dienone is 4. The van der Waals surface area contributed by atoms with Gasteiger partial charge in [0.2, 0.25) is 0 Å². The van der Waals surface area contributed by atoms with Gasteiger partial charge in [-0.15, -0.1) is 0 Å². The molecule has 0 N–H and O–H groups in total. The first-order valence-corrected chi connectivity index (χ1v) is 22.0. The number of nitrogens with zero attached hydrogens (tertiary/aromatic N) is 3. The Bertz CT molecular complexity index is 3480. The average molecular weight is 804 g/mol. The summed E-state index contributed by atoms with van der Waals surface area (Å²) in [5.41, 5.74) is 17.0. The van der Waals surface area contributed by atoms with Crippen molar-refractivity contribution in [2.45, 2.75) is 12.3 Å². The molecule has 0 amide bonds. The highest BCUT2D eigenvalue weighted by molar-refractivity contribution is 6.11. The van der Waals surface area contributed by atoms with Crippen molar-refractivity contribution in [1.29, 1.82) is 0 Å². The van der Waals surface area contributed by atoms with Crippen molar-refractivity contribution >= 4 is 71.1 Å². The van der Waals surface area contributed by atoms with Crippen molar-refractivity contribution < 1.29 is 0 Å². The fraction of sp³-hybridized carbons (Fsp3) is 0.0333. The van der Waals surface area contributed by atoms with Gasteiger partial charge >= 0.3 is 0 Å². The fourth-order valence-electron chi connectivity index (χ4n) is 10.4. The van der Waals surface area contributed by atoms with Crippen LogP contribution in [0.25, 0.3) is 105 Å². The molecule has 3 heterocycles. The van der Waals surface area contributed by atoms with Gasteiger partial charge in [0, 0.05) is 55.3 Å². The largest absolute Gasteiger partial charge is 0.310 e. The minimum absolute atomic E-state index is 0.231. The molecule has 0 aliphatic heterocycles. The van der Waals surface area contributed by atoms with E-state index in [1.807, 2.05) is 0 Å². The molecule has 0 saturated heterocycles. The van der Waals surface area contributed by atoms with Crippen LogP contribution in [0.2, 0.25) is 0 Å². The van der Waals surface area contributed by atoms with Crippen LogP contribution in [-0.2, 0) is 0 Å². The highest BCUT2D eigenvalue weighted by Crippen LogP contribution is 2.40. The van der Waals surface area contributed by atoms with Gasteiger partial charge in [0.05, 0.1) is 33.1 Å². The Morgan fingerprint density at radius 1 is 0.317 bits per heavy atom. The Hall–Kier alpha value is -8.14. The molecule has 0 bridgehead atoms. The van der Waals surface area contributed by atoms with Crippen molar-refractivity contribution in [2.75, 3.05) is 0 Å². The van der Waals surface area contributed by atoms with Gasteiger partial charge in [0.15, 0.2) is 0 Å². The molecule has 1 aliphatic carbocycles. The number of benzene rings is 9. The Morgan fingerprint density at radius 3 is 0.984 bits per heavy atom. The molecule has 63 heavy (non-hydrogen) atoms. The van der Waals surface area contributed by atoms with Crippen molar-refractivity contribution in [3.63, 3.8) is 0 Å². The number of hydrogen-bond donors (Lipinski definition) is 0. The third-order valence-corrected chi connectivity index (χ3v) is 13.4. The molecular weight excluding hydrogens is 763 g/mol. The third kappa shape index (κ3) is 5.67. The van der Waals surface area contributed by atoms with Gasteiger partial charge in [-0.1, -0.05) is 158 Å². The van der Waals surface area contributed by atoms with E-state index in [-0.39, 0.29) is 5.92 Å². The number of para-hydroxylation sites is 6. The molecule has 3 aromatic heterocycles. The Labute approximate surface area is 365 Å². The summed E-state index contributed by atoms with van der Waals surface area (Å²) in [6.07, 6.45) is 8.09. The molecule has 0 spiro atoms. The van der Waals surface area contributed by atoms with E-state index in [9.17, 15) is 0 Å². The second-order valence-corrected chi connectivity index (χ2v) is 16.9. The van der Waals surface area contributed by atoms with Crippen molar-refractivity contribution in [2.24, 2.45) is 0 Å². The summed E-state index contributed by atoms with van der Waals surface area (Å²) in [6.45, 7) is 0. The first-order valence-electron chi connectivity index (χ1n) is 22.0. The van der Waals surface area contributed by atoms with Crippen LogP contribution in [-0.4, -0.2) is 13.7 Å². The number of rotatable bonds is 6. The molecule has 3 nitrogen and oxygen atoms in total. The van der Waals surface area contributed by atoms with E-state index < -0.39 is 0 Å². The van der Waals surface area contributed by atoms with Gasteiger partial charge in [-0.25, -0.2) is 0 Å². The van der Waals surface area contributed by atoms with Gasteiger partial charge in [0.25, 0.3) is 0 Å². The van der Waals surface area contributed by atoms with E-state index >= 15 is 0 Å². The second-order valence-electron chi connectivity index (χ2n) is 16.9. The molecule has 3 heteroatoms. The average Bonchev–Trinajstić information content (AvgIpc) is 4.00. The smallest absolute Gasteiger partial charge is 0.0541 e. The Morgan fingerprint density at radius 2 is 0.651 bits per heavy atom. The highest BCUT2D eigenvalue weighted by atomic mass is 15.0. The van der Waals surface area contributed by atoms with Gasteiger partial charge in [-0.3, -0.25) is 0 Å². The first kappa shape index (κ1) is 35.6. The summed E-state index contributed by atoms with van der Waals surface area (Å²) in [7, 11) is 0. The molecular formula is C60H41N3. The molecule has 13 rings (SSSR count). The van der Waals surface area contributed by atoms with E-state index in [1.54, 1.807) is 0 Å². The minimum Gasteiger partial charge on any atom is -0.310 e. The first-order chi connectivity index (χ1) is 31.2. The maximum Gasteiger partial charge on any atom is 0.0541 e. The molecule has 1 unspecified atom stereocenters. The lowest BCUT2D eigenvalue weighted by molar-refractivity contribution is 0.851. The molecule has 1 atom stereocenters. The number of hydrogen-bond acceptors (Lipinski definition) is 0. The predicted octanol–water partition coefficient (Wildman–Crippen LogP) is 15.9. The van der Waals surface area contributed by atoms with Crippen LogP contribution in [0.1, 0.15) is 17.9 Å². The van der Waals surface area contributed by atoms with Crippen LogP contribution in [0.3, 0.4) is 0 Å². The molecule has 0 saturated carbocycles. The van der Waals surface area contributed by atoms with E-state index in [4.69, 9.17) is 0 Å². The van der Waals surface area contributed by atoms with Crippen LogP contribution >= 0.6 is 0 Å². The van der Waals surface area contributed by atoms with E-state index in [1.165, 1.54) is 98.9 Å². The minimum atomic E-state index is 0.231. The third-order valence-electron chi connectivity index (χ3n) is 13.4. The summed E-state index contributed by atoms with van der Waals surface area (Å²) in [5.74, 6) is 0.231. The van der Waals surface area contributed by atoms with Crippen LogP contribution in [0, 0.1) is 0 Å². The van der Waals surface area contributed by atoms with E-state index in [0.29, 0.717) is 0 Å². The zero-order chi connectivity index (χ0) is 41.4. The maximum absolute atomic E-state index is 2.43. The number of fused-ring (bicyclic) bond motifs is 9. The lowest BCUT2D eigenvalue weighted by atomic mass is 9.87. The van der Waals surface area contributed by atoms with Crippen molar-refractivity contribution in [3.8, 4) is 33.6 Å². The van der Waals surface area contributed by atoms with Crippen LogP contribution in [0.15, 0.2) is 231 Å². The quantitative estimate of drug-likeness (QED) is 0.159. The topological polar surface area (TPSA) is 14.8 Å². The lowest BCUT2D eigenvalue weighted by Gasteiger charge is -2.21. The van der Waals surface area contributed by atoms with Crippen LogP contribution in [0.5, 0.6) is 0 Å². The number of aromatic nitrogens is 3. The molecule has 0 fully saturated rings. The summed E-state index contributed by atoms with van der Waals surface area (Å²) < 4.78 is 7.21. The Balaban J connectivity index is 0.908.